The largest absolute Gasteiger partial charge is 0.309 e. The summed E-state index contributed by atoms with van der Waals surface area (Å²) in [4.78, 5) is 26.9. The van der Waals surface area contributed by atoms with Crippen LogP contribution in [0.3, 0.4) is 0 Å². The Balaban J connectivity index is 1.66. The van der Waals surface area contributed by atoms with Crippen LogP contribution >= 0.6 is 0 Å². The van der Waals surface area contributed by atoms with E-state index in [-0.39, 0.29) is 17.3 Å². The van der Waals surface area contributed by atoms with Crippen molar-refractivity contribution in [3.63, 3.8) is 0 Å². The van der Waals surface area contributed by atoms with Gasteiger partial charge in [-0.15, -0.1) is 5.10 Å². The summed E-state index contributed by atoms with van der Waals surface area (Å²) in [6.45, 7) is 5.66. The van der Waals surface area contributed by atoms with Gasteiger partial charge < -0.3 is 0 Å². The third-order valence-electron chi connectivity index (χ3n) is 4.06. The lowest BCUT2D eigenvalue weighted by molar-refractivity contribution is -0.385. The van der Waals surface area contributed by atoms with Gasteiger partial charge in [0.15, 0.2) is 0 Å². The highest BCUT2D eigenvalue weighted by molar-refractivity contribution is 5.91. The van der Waals surface area contributed by atoms with E-state index in [2.05, 4.69) is 26.6 Å². The summed E-state index contributed by atoms with van der Waals surface area (Å²) in [5.41, 5.74) is 2.35. The predicted molar refractivity (Wildman–Crippen MR) is 97.3 cm³/mol. The average molecular weight is 369 g/mol. The fraction of sp³-hybridized carbons (Fsp3) is 0.294. The summed E-state index contributed by atoms with van der Waals surface area (Å²) in [5, 5.41) is 21.8. The van der Waals surface area contributed by atoms with Gasteiger partial charge in [-0.2, -0.15) is 5.10 Å². The molecule has 2 heterocycles. The van der Waals surface area contributed by atoms with Crippen LogP contribution in [0.25, 0.3) is 0 Å². The Hall–Kier alpha value is -3.56. The number of aromatic nitrogens is 5. The number of aryl methyl sites for hydroxylation is 2. The van der Waals surface area contributed by atoms with Gasteiger partial charge in [0.1, 0.15) is 24.3 Å². The molecule has 140 valence electrons. The third-order valence-corrected chi connectivity index (χ3v) is 4.06. The first-order valence-corrected chi connectivity index (χ1v) is 8.29. The lowest BCUT2D eigenvalue weighted by Crippen LogP contribution is -2.24. The van der Waals surface area contributed by atoms with Gasteiger partial charge in [-0.05, 0) is 26.3 Å². The second kappa shape index (κ2) is 7.36. The molecule has 0 aliphatic heterocycles. The number of nitrogens with one attached hydrogen (secondary N) is 1. The van der Waals surface area contributed by atoms with Crippen LogP contribution in [0, 0.1) is 24.0 Å². The second-order valence-electron chi connectivity index (χ2n) is 6.26. The summed E-state index contributed by atoms with van der Waals surface area (Å²) in [6.07, 6.45) is 2.77. The van der Waals surface area contributed by atoms with Crippen molar-refractivity contribution in [3.05, 3.63) is 63.7 Å². The number of hydrogen-bond donors (Lipinski definition) is 1. The highest BCUT2D eigenvalue weighted by Gasteiger charge is 2.23. The van der Waals surface area contributed by atoms with Crippen molar-refractivity contribution in [1.29, 1.82) is 0 Å². The number of rotatable bonds is 6. The molecule has 0 aliphatic carbocycles. The third kappa shape index (κ3) is 4.17. The van der Waals surface area contributed by atoms with Crippen molar-refractivity contribution in [2.24, 2.45) is 0 Å². The molecule has 3 rings (SSSR count). The topological polar surface area (TPSA) is 121 Å². The molecular weight excluding hydrogens is 350 g/mol. The van der Waals surface area contributed by atoms with Crippen LogP contribution in [0.15, 0.2) is 36.8 Å². The molecule has 10 nitrogen and oxygen atoms in total. The average Bonchev–Trinajstić information content (AvgIpc) is 3.20. The van der Waals surface area contributed by atoms with Crippen LogP contribution in [0.5, 0.6) is 0 Å². The molecule has 0 spiro atoms. The molecule has 0 saturated heterocycles. The van der Waals surface area contributed by atoms with Crippen LogP contribution in [0.1, 0.15) is 29.8 Å². The number of benzene rings is 1. The van der Waals surface area contributed by atoms with E-state index in [0.29, 0.717) is 6.54 Å². The van der Waals surface area contributed by atoms with Crippen molar-refractivity contribution >= 4 is 17.5 Å². The minimum atomic E-state index is -0.749. The van der Waals surface area contributed by atoms with E-state index >= 15 is 0 Å². The van der Waals surface area contributed by atoms with Gasteiger partial charge in [0.2, 0.25) is 5.95 Å². The molecule has 0 bridgehead atoms. The van der Waals surface area contributed by atoms with Crippen molar-refractivity contribution in [2.75, 3.05) is 5.32 Å². The van der Waals surface area contributed by atoms with E-state index in [9.17, 15) is 14.9 Å². The minimum Gasteiger partial charge on any atom is -0.291 e. The number of nitrogens with zero attached hydrogens (tertiary/aromatic N) is 6. The van der Waals surface area contributed by atoms with E-state index in [4.69, 9.17) is 0 Å². The van der Waals surface area contributed by atoms with Gasteiger partial charge in [0.25, 0.3) is 5.91 Å². The highest BCUT2D eigenvalue weighted by Crippen LogP contribution is 2.19. The zero-order chi connectivity index (χ0) is 19.6. The molecule has 1 N–H and O–H groups in total. The summed E-state index contributed by atoms with van der Waals surface area (Å²) >= 11 is 0. The fourth-order valence-corrected chi connectivity index (χ4v) is 2.61. The van der Waals surface area contributed by atoms with Crippen LogP contribution < -0.4 is 5.32 Å². The summed E-state index contributed by atoms with van der Waals surface area (Å²) in [6, 6.07) is 7.27. The number of carbonyl (C=O) groups is 1. The van der Waals surface area contributed by atoms with E-state index < -0.39 is 16.9 Å². The maximum Gasteiger partial charge on any atom is 0.309 e. The quantitative estimate of drug-likeness (QED) is 0.525. The summed E-state index contributed by atoms with van der Waals surface area (Å²) in [7, 11) is 0. The first kappa shape index (κ1) is 18.2. The predicted octanol–water partition coefficient (Wildman–Crippen LogP) is 2.25. The Labute approximate surface area is 155 Å². The zero-order valence-corrected chi connectivity index (χ0v) is 15.2. The molecule has 27 heavy (non-hydrogen) atoms. The molecule has 2 aromatic heterocycles. The number of carbonyl (C=O) groups excluding carboxylic acids is 1. The standard InChI is InChI=1S/C17H19N7O3/c1-11-5-4-6-14(7-11)8-22-10-18-17(21-22)19-16(25)13(3)23-9-15(24(26)27)12(2)20-23/h4-7,9-10,13H,8H2,1-3H3,(H,19,21,25). The van der Waals surface area contributed by atoms with Crippen LogP contribution in [0.4, 0.5) is 11.6 Å². The van der Waals surface area contributed by atoms with Crippen molar-refractivity contribution in [2.45, 2.75) is 33.4 Å². The molecule has 0 radical (unpaired) electrons. The smallest absolute Gasteiger partial charge is 0.291 e. The molecule has 0 fully saturated rings. The lowest BCUT2D eigenvalue weighted by Gasteiger charge is -2.10. The van der Waals surface area contributed by atoms with Crippen molar-refractivity contribution in [1.82, 2.24) is 24.5 Å². The Morgan fingerprint density at radius 2 is 2.11 bits per heavy atom. The fourth-order valence-electron chi connectivity index (χ4n) is 2.61. The van der Waals surface area contributed by atoms with E-state index in [1.807, 2.05) is 25.1 Å². The molecule has 3 aromatic rings. The monoisotopic (exact) mass is 369 g/mol. The minimum absolute atomic E-state index is 0.129. The first-order valence-electron chi connectivity index (χ1n) is 8.29. The van der Waals surface area contributed by atoms with Gasteiger partial charge >= 0.3 is 5.69 Å². The summed E-state index contributed by atoms with van der Waals surface area (Å²) < 4.78 is 2.88. The highest BCUT2D eigenvalue weighted by atomic mass is 16.6. The van der Waals surface area contributed by atoms with Gasteiger partial charge in [0, 0.05) is 0 Å². The molecule has 1 atom stereocenters. The van der Waals surface area contributed by atoms with Gasteiger partial charge in [0.05, 0.1) is 11.5 Å². The van der Waals surface area contributed by atoms with Crippen molar-refractivity contribution < 1.29 is 9.72 Å². The van der Waals surface area contributed by atoms with Crippen LogP contribution in [-0.4, -0.2) is 35.4 Å². The molecule has 1 unspecified atom stereocenters. The van der Waals surface area contributed by atoms with E-state index in [0.717, 1.165) is 11.1 Å². The van der Waals surface area contributed by atoms with Gasteiger partial charge in [-0.25, -0.2) is 9.67 Å². The molecule has 10 heteroatoms. The maximum atomic E-state index is 12.4. The van der Waals surface area contributed by atoms with Crippen LogP contribution in [-0.2, 0) is 11.3 Å². The maximum absolute atomic E-state index is 12.4. The Bertz CT molecular complexity index is 992. The molecular formula is C17H19N7O3. The normalized spacial score (nSPS) is 12.0. The first-order chi connectivity index (χ1) is 12.8. The molecule has 1 aromatic carbocycles. The number of hydrogen-bond acceptors (Lipinski definition) is 6. The van der Waals surface area contributed by atoms with Crippen molar-refractivity contribution in [3.8, 4) is 0 Å². The number of nitro groups is 1. The number of anilines is 1. The lowest BCUT2D eigenvalue weighted by atomic mass is 10.1. The molecule has 0 saturated carbocycles. The Morgan fingerprint density at radius 3 is 2.78 bits per heavy atom. The summed E-state index contributed by atoms with van der Waals surface area (Å²) in [5.74, 6) is -0.251. The SMILES string of the molecule is Cc1cccc(Cn2cnc(NC(=O)C(C)n3cc([N+](=O)[O-])c(C)n3)n2)c1. The Morgan fingerprint density at radius 1 is 1.33 bits per heavy atom. The second-order valence-corrected chi connectivity index (χ2v) is 6.26. The van der Waals surface area contributed by atoms with Crippen LogP contribution in [0.2, 0.25) is 0 Å². The van der Waals surface area contributed by atoms with Gasteiger partial charge in [-0.3, -0.25) is 24.9 Å². The van der Waals surface area contributed by atoms with E-state index in [1.54, 1.807) is 11.6 Å². The van der Waals surface area contributed by atoms with Gasteiger partial charge in [-0.1, -0.05) is 29.8 Å². The number of amides is 1. The van der Waals surface area contributed by atoms with E-state index in [1.165, 1.54) is 24.1 Å². The molecule has 0 aliphatic rings. The molecule has 1 amide bonds. The zero-order valence-electron chi connectivity index (χ0n) is 15.2. The Kier molecular flexibility index (Phi) is 4.97.